The number of rotatable bonds is 46. The Morgan fingerprint density at radius 3 is 1.24 bits per heavy atom. The van der Waals surface area contributed by atoms with E-state index in [4.69, 9.17) is 28.4 Å². The molecule has 468 valence electrons. The molecule has 3 aliphatic heterocycles. The third kappa shape index (κ3) is 27.8. The lowest BCUT2D eigenvalue weighted by Crippen LogP contribution is -2.66. The maximum Gasteiger partial charge on any atom is 0.220 e. The number of hydrogen-bond acceptors (Lipinski definition) is 18. The molecule has 0 aromatic heterocycles. The summed E-state index contributed by atoms with van der Waals surface area (Å²) < 4.78 is 34.2. The Balaban J connectivity index is 1.45. The number of aliphatic hydroxyl groups excluding tert-OH is 11. The monoisotopic (exact) mass is 1150 g/mol. The lowest BCUT2D eigenvalue weighted by atomic mass is 9.96. The zero-order chi connectivity index (χ0) is 58.3. The van der Waals surface area contributed by atoms with Gasteiger partial charge < -0.3 is 89.9 Å². The maximum atomic E-state index is 13.3. The second kappa shape index (κ2) is 44.5. The van der Waals surface area contributed by atoms with Crippen LogP contribution in [0.4, 0.5) is 0 Å². The zero-order valence-corrected chi connectivity index (χ0v) is 48.8. The molecule has 0 bridgehead atoms. The van der Waals surface area contributed by atoms with Gasteiger partial charge in [0.25, 0.3) is 0 Å². The van der Waals surface area contributed by atoms with Crippen LogP contribution in [0.5, 0.6) is 0 Å². The van der Waals surface area contributed by atoms with Gasteiger partial charge in [-0.2, -0.15) is 0 Å². The number of ether oxygens (including phenoxy) is 6. The van der Waals surface area contributed by atoms with Crippen molar-refractivity contribution in [3.63, 3.8) is 0 Å². The van der Waals surface area contributed by atoms with Crippen LogP contribution in [0, 0.1) is 0 Å². The molecule has 3 rings (SSSR count). The number of hydrogen-bond donors (Lipinski definition) is 12. The van der Waals surface area contributed by atoms with E-state index >= 15 is 0 Å². The summed E-state index contributed by atoms with van der Waals surface area (Å²) in [6.45, 7) is 1.65. The van der Waals surface area contributed by atoms with Gasteiger partial charge in [-0.05, 0) is 38.5 Å². The summed E-state index contributed by atoms with van der Waals surface area (Å²) in [6.07, 6.45) is 21.4. The third-order valence-electron chi connectivity index (χ3n) is 15.7. The third-order valence-corrected chi connectivity index (χ3v) is 15.7. The van der Waals surface area contributed by atoms with E-state index in [1.54, 1.807) is 6.08 Å². The molecule has 19 nitrogen and oxygen atoms in total. The van der Waals surface area contributed by atoms with Gasteiger partial charge in [-0.25, -0.2) is 0 Å². The van der Waals surface area contributed by atoms with Gasteiger partial charge in [0.15, 0.2) is 18.9 Å². The van der Waals surface area contributed by atoms with Crippen molar-refractivity contribution in [1.29, 1.82) is 0 Å². The predicted octanol–water partition coefficient (Wildman–Crippen LogP) is 6.10. The number of unbranched alkanes of at least 4 members (excludes halogenated alkanes) is 26. The van der Waals surface area contributed by atoms with Crippen molar-refractivity contribution < 1.29 is 89.4 Å². The average Bonchev–Trinajstić information content (AvgIpc) is 3.45. The minimum Gasteiger partial charge on any atom is -0.394 e. The minimum absolute atomic E-state index is 0.235. The molecule has 0 spiro atoms. The summed E-state index contributed by atoms with van der Waals surface area (Å²) >= 11 is 0. The van der Waals surface area contributed by atoms with E-state index in [2.05, 4.69) is 43.5 Å². The molecule has 17 atom stereocenters. The Hall–Kier alpha value is -1.99. The summed E-state index contributed by atoms with van der Waals surface area (Å²) in [6, 6.07) is -0.992. The van der Waals surface area contributed by atoms with Gasteiger partial charge in [0, 0.05) is 6.42 Å². The smallest absolute Gasteiger partial charge is 0.220 e. The SMILES string of the molecule is CCCC/C=C/CC/C=C/CC/C=C/C(O)C(COC1OC(CO)C(OC2OC(CO)C(OC3OC(CO)C(O)C(O)C3O)C(O)C2O)C(O)C1O)NC(=O)CCCCCCCCCCCCCCCCCCCCCCCCC. The Kier molecular flexibility index (Phi) is 40.2. The zero-order valence-electron chi connectivity index (χ0n) is 48.8. The van der Waals surface area contributed by atoms with E-state index in [1.165, 1.54) is 135 Å². The summed E-state index contributed by atoms with van der Waals surface area (Å²) in [4.78, 5) is 13.3. The fraction of sp³-hybridized carbons (Fsp3) is 0.885. The van der Waals surface area contributed by atoms with Crippen LogP contribution in [-0.4, -0.2) is 193 Å². The molecule has 0 radical (unpaired) electrons. The van der Waals surface area contributed by atoms with E-state index in [1.807, 2.05) is 6.08 Å². The van der Waals surface area contributed by atoms with Crippen LogP contribution in [0.1, 0.15) is 213 Å². The number of aliphatic hydroxyl groups is 11. The predicted molar refractivity (Wildman–Crippen MR) is 305 cm³/mol. The lowest BCUT2D eigenvalue weighted by molar-refractivity contribution is -0.379. The van der Waals surface area contributed by atoms with Crippen molar-refractivity contribution in [3.05, 3.63) is 36.5 Å². The molecule has 19 heteroatoms. The highest BCUT2D eigenvalue weighted by Crippen LogP contribution is 2.33. The first-order chi connectivity index (χ1) is 38.8. The molecule has 0 saturated carbocycles. The van der Waals surface area contributed by atoms with Crippen LogP contribution in [0.15, 0.2) is 36.5 Å². The number of amides is 1. The first-order valence-corrected chi connectivity index (χ1v) is 31.2. The lowest BCUT2D eigenvalue weighted by Gasteiger charge is -2.48. The Morgan fingerprint density at radius 2 is 0.800 bits per heavy atom. The van der Waals surface area contributed by atoms with Crippen molar-refractivity contribution in [2.75, 3.05) is 26.4 Å². The van der Waals surface area contributed by atoms with Crippen molar-refractivity contribution >= 4 is 5.91 Å². The molecule has 3 aliphatic rings. The van der Waals surface area contributed by atoms with E-state index in [9.17, 15) is 61.0 Å². The molecule has 3 heterocycles. The molecular weight excluding hydrogens is 1030 g/mol. The molecule has 1 amide bonds. The largest absolute Gasteiger partial charge is 0.394 e. The second-order valence-corrected chi connectivity index (χ2v) is 22.5. The van der Waals surface area contributed by atoms with E-state index < -0.39 is 124 Å². The highest BCUT2D eigenvalue weighted by Gasteiger charge is 2.53. The van der Waals surface area contributed by atoms with Gasteiger partial charge in [-0.15, -0.1) is 0 Å². The molecule has 12 N–H and O–H groups in total. The standard InChI is InChI=1S/C61H111NO18/c1-3-5-7-9-11-13-15-17-18-19-20-21-22-23-24-25-26-27-29-31-33-35-37-39-49(67)62-44(45(66)38-36-34-32-30-28-16-14-12-10-8-6-4-2)43-75-59-55(73)52(70)57(47(41-64)77-59)80-61-56(74)53(71)58(48(42-65)78-61)79-60-54(72)51(69)50(68)46(40-63)76-60/h10,12,28,30,36,38,44-48,50-61,63-66,68-74H,3-9,11,13-27,29,31-35,37,39-43H2,1-2H3,(H,62,67)/b12-10+,30-28+,38-36+. The Bertz CT molecular complexity index is 1600. The molecule has 17 unspecified atom stereocenters. The minimum atomic E-state index is -1.98. The van der Waals surface area contributed by atoms with Gasteiger partial charge >= 0.3 is 0 Å². The van der Waals surface area contributed by atoms with Gasteiger partial charge in [0.2, 0.25) is 5.91 Å². The van der Waals surface area contributed by atoms with Crippen LogP contribution in [-0.2, 0) is 33.2 Å². The van der Waals surface area contributed by atoms with Crippen molar-refractivity contribution in [2.45, 2.75) is 317 Å². The molecule has 80 heavy (non-hydrogen) atoms. The fourth-order valence-corrected chi connectivity index (χ4v) is 10.5. The van der Waals surface area contributed by atoms with E-state index in [0.717, 1.165) is 44.9 Å². The molecule has 3 fully saturated rings. The van der Waals surface area contributed by atoms with Crippen LogP contribution < -0.4 is 5.32 Å². The summed E-state index contributed by atoms with van der Waals surface area (Å²) in [5, 5.41) is 120. The number of carbonyl (C=O) groups excluding carboxylic acids is 1. The van der Waals surface area contributed by atoms with Crippen LogP contribution in [0.25, 0.3) is 0 Å². The van der Waals surface area contributed by atoms with Crippen molar-refractivity contribution in [3.8, 4) is 0 Å². The highest BCUT2D eigenvalue weighted by molar-refractivity contribution is 5.76. The van der Waals surface area contributed by atoms with Gasteiger partial charge in [0.1, 0.15) is 73.2 Å². The second-order valence-electron chi connectivity index (χ2n) is 22.5. The van der Waals surface area contributed by atoms with Crippen LogP contribution in [0.3, 0.4) is 0 Å². The van der Waals surface area contributed by atoms with E-state index in [0.29, 0.717) is 12.8 Å². The summed E-state index contributed by atoms with van der Waals surface area (Å²) in [5.74, 6) is -0.289. The molecule has 0 aliphatic carbocycles. The van der Waals surface area contributed by atoms with Gasteiger partial charge in [0.05, 0.1) is 38.6 Å². The molecule has 0 aromatic rings. The molecule has 0 aromatic carbocycles. The quantitative estimate of drug-likeness (QED) is 0.0242. The average molecular weight is 1150 g/mol. The van der Waals surface area contributed by atoms with Gasteiger partial charge in [-0.3, -0.25) is 4.79 Å². The Labute approximate surface area is 479 Å². The number of allylic oxidation sites excluding steroid dienone is 5. The number of carbonyl (C=O) groups is 1. The van der Waals surface area contributed by atoms with E-state index in [-0.39, 0.29) is 18.9 Å². The molecular formula is C61H111NO18. The van der Waals surface area contributed by atoms with Crippen LogP contribution >= 0.6 is 0 Å². The van der Waals surface area contributed by atoms with Gasteiger partial charge in [-0.1, -0.05) is 204 Å². The van der Waals surface area contributed by atoms with Crippen LogP contribution in [0.2, 0.25) is 0 Å². The molecule has 3 saturated heterocycles. The highest BCUT2D eigenvalue weighted by atomic mass is 16.8. The number of nitrogens with one attached hydrogen (secondary N) is 1. The summed E-state index contributed by atoms with van der Waals surface area (Å²) in [5.41, 5.74) is 0. The van der Waals surface area contributed by atoms with Crippen molar-refractivity contribution in [1.82, 2.24) is 5.32 Å². The Morgan fingerprint density at radius 1 is 0.438 bits per heavy atom. The normalized spacial score (nSPS) is 30.2. The summed E-state index contributed by atoms with van der Waals surface area (Å²) in [7, 11) is 0. The first-order valence-electron chi connectivity index (χ1n) is 31.2. The fourth-order valence-electron chi connectivity index (χ4n) is 10.5. The topological polar surface area (TPSA) is 307 Å². The first kappa shape index (κ1) is 72.3. The van der Waals surface area contributed by atoms with Crippen molar-refractivity contribution in [2.24, 2.45) is 0 Å². The maximum absolute atomic E-state index is 13.3.